The van der Waals surface area contributed by atoms with Gasteiger partial charge >= 0.3 is 11.9 Å². The standard InChI is InChI=1S/C10H8O4.C2H4O2/c1-2-14-10(13)8-6-4-3-5-7(8)9(11)12;1-2(3)4/h2-6H,1H2,(H,11,12);1H3,(H,3,4). The molecule has 0 aliphatic rings. The Morgan fingerprint density at radius 1 is 1.17 bits per heavy atom. The molecule has 0 aliphatic heterocycles. The van der Waals surface area contributed by atoms with Crippen molar-refractivity contribution in [3.8, 4) is 0 Å². The number of carboxylic acids is 2. The molecule has 0 atom stereocenters. The lowest BCUT2D eigenvalue weighted by atomic mass is 10.1. The number of ether oxygens (including phenoxy) is 1. The molecule has 0 saturated heterocycles. The van der Waals surface area contributed by atoms with Gasteiger partial charge in [-0.05, 0) is 12.1 Å². The minimum absolute atomic E-state index is 0.0138. The summed E-state index contributed by atoms with van der Waals surface area (Å²) < 4.78 is 4.48. The molecule has 0 amide bonds. The van der Waals surface area contributed by atoms with Crippen molar-refractivity contribution in [1.29, 1.82) is 0 Å². The second-order valence-corrected chi connectivity index (χ2v) is 2.94. The van der Waals surface area contributed by atoms with E-state index in [1.165, 1.54) is 18.2 Å². The summed E-state index contributed by atoms with van der Waals surface area (Å²) in [5.41, 5.74) is -0.0701. The van der Waals surface area contributed by atoms with Crippen LogP contribution >= 0.6 is 0 Å². The van der Waals surface area contributed by atoms with Crippen LogP contribution in [0.5, 0.6) is 0 Å². The van der Waals surface area contributed by atoms with Crippen molar-refractivity contribution in [1.82, 2.24) is 0 Å². The quantitative estimate of drug-likeness (QED) is 0.628. The summed E-state index contributed by atoms with van der Waals surface area (Å²) in [4.78, 5) is 30.9. The molecule has 96 valence electrons. The number of carboxylic acid groups (broad SMARTS) is 2. The van der Waals surface area contributed by atoms with Gasteiger partial charge in [0.15, 0.2) is 0 Å². The highest BCUT2D eigenvalue weighted by molar-refractivity contribution is 6.02. The van der Waals surface area contributed by atoms with Crippen molar-refractivity contribution in [2.75, 3.05) is 0 Å². The summed E-state index contributed by atoms with van der Waals surface area (Å²) in [7, 11) is 0. The maximum atomic E-state index is 11.2. The zero-order chi connectivity index (χ0) is 14.1. The number of hydrogen-bond donors (Lipinski definition) is 2. The minimum atomic E-state index is -1.17. The lowest BCUT2D eigenvalue weighted by Gasteiger charge is -2.02. The lowest BCUT2D eigenvalue weighted by Crippen LogP contribution is -2.09. The molecule has 18 heavy (non-hydrogen) atoms. The highest BCUT2D eigenvalue weighted by atomic mass is 16.5. The molecule has 6 nitrogen and oxygen atoms in total. The molecule has 1 aromatic carbocycles. The highest BCUT2D eigenvalue weighted by Gasteiger charge is 2.15. The fourth-order valence-corrected chi connectivity index (χ4v) is 0.987. The van der Waals surface area contributed by atoms with Gasteiger partial charge in [0.1, 0.15) is 0 Å². The van der Waals surface area contributed by atoms with Gasteiger partial charge < -0.3 is 14.9 Å². The molecule has 0 unspecified atom stereocenters. The molecule has 1 rings (SSSR count). The summed E-state index contributed by atoms with van der Waals surface area (Å²) in [5, 5.41) is 16.2. The molecule has 2 N–H and O–H groups in total. The van der Waals surface area contributed by atoms with Crippen molar-refractivity contribution >= 4 is 17.9 Å². The van der Waals surface area contributed by atoms with Crippen LogP contribution in [-0.2, 0) is 9.53 Å². The number of aromatic carboxylic acids is 1. The SMILES string of the molecule is C=COC(=O)c1ccccc1C(=O)O.CC(=O)O. The molecule has 0 bridgehead atoms. The molecular weight excluding hydrogens is 240 g/mol. The smallest absolute Gasteiger partial charge is 0.343 e. The van der Waals surface area contributed by atoms with E-state index in [-0.39, 0.29) is 11.1 Å². The van der Waals surface area contributed by atoms with Crippen LogP contribution in [0.4, 0.5) is 0 Å². The van der Waals surface area contributed by atoms with E-state index in [0.717, 1.165) is 13.2 Å². The maximum absolute atomic E-state index is 11.2. The topological polar surface area (TPSA) is 101 Å². The number of rotatable bonds is 3. The Morgan fingerprint density at radius 2 is 1.61 bits per heavy atom. The van der Waals surface area contributed by atoms with Crippen LogP contribution in [0.2, 0.25) is 0 Å². The zero-order valence-corrected chi connectivity index (χ0v) is 9.62. The fraction of sp³-hybridized carbons (Fsp3) is 0.0833. The molecule has 0 spiro atoms. The molecule has 0 heterocycles. The predicted octanol–water partition coefficient (Wildman–Crippen LogP) is 1.78. The number of benzene rings is 1. The van der Waals surface area contributed by atoms with E-state index < -0.39 is 17.9 Å². The summed E-state index contributed by atoms with van der Waals surface area (Å²) in [6.07, 6.45) is 0.959. The third-order valence-corrected chi connectivity index (χ3v) is 1.57. The van der Waals surface area contributed by atoms with Crippen LogP contribution in [0.25, 0.3) is 0 Å². The first-order valence-electron chi connectivity index (χ1n) is 4.74. The second kappa shape index (κ2) is 7.61. The van der Waals surface area contributed by atoms with Gasteiger partial charge in [0.2, 0.25) is 0 Å². The summed E-state index contributed by atoms with van der Waals surface area (Å²) in [6, 6.07) is 5.82. The maximum Gasteiger partial charge on any atom is 0.343 e. The van der Waals surface area contributed by atoms with Crippen molar-refractivity contribution < 1.29 is 29.3 Å². The number of esters is 1. The lowest BCUT2D eigenvalue weighted by molar-refractivity contribution is -0.134. The first-order valence-corrected chi connectivity index (χ1v) is 4.74. The number of carbonyl (C=O) groups is 3. The van der Waals surface area contributed by atoms with Crippen molar-refractivity contribution in [3.63, 3.8) is 0 Å². The first-order chi connectivity index (χ1) is 8.40. The molecule has 0 fully saturated rings. The Bertz CT molecular complexity index is 459. The number of aliphatic carboxylic acids is 1. The highest BCUT2D eigenvalue weighted by Crippen LogP contribution is 2.10. The average molecular weight is 252 g/mol. The van der Waals surface area contributed by atoms with Gasteiger partial charge in [-0.15, -0.1) is 0 Å². The van der Waals surface area contributed by atoms with E-state index in [1.807, 2.05) is 0 Å². The van der Waals surface area contributed by atoms with Crippen LogP contribution in [-0.4, -0.2) is 28.1 Å². The Morgan fingerprint density at radius 3 is 2.00 bits per heavy atom. The minimum Gasteiger partial charge on any atom is -0.481 e. The van der Waals surface area contributed by atoms with Crippen LogP contribution in [0.3, 0.4) is 0 Å². The van der Waals surface area contributed by atoms with Crippen molar-refractivity contribution in [3.05, 3.63) is 48.2 Å². The Balaban J connectivity index is 0.000000631. The third kappa shape index (κ3) is 5.45. The molecule has 0 aromatic heterocycles. The van der Waals surface area contributed by atoms with Crippen molar-refractivity contribution in [2.24, 2.45) is 0 Å². The number of hydrogen-bond acceptors (Lipinski definition) is 4. The Kier molecular flexibility index (Phi) is 6.50. The Hall–Kier alpha value is -2.63. The van der Waals surface area contributed by atoms with Gasteiger partial charge in [-0.25, -0.2) is 9.59 Å². The Labute approximate surface area is 103 Å². The molecule has 1 aromatic rings. The van der Waals surface area contributed by atoms with E-state index in [4.69, 9.17) is 15.0 Å². The largest absolute Gasteiger partial charge is 0.481 e. The monoisotopic (exact) mass is 252 g/mol. The number of carbonyl (C=O) groups excluding carboxylic acids is 1. The van der Waals surface area contributed by atoms with E-state index in [2.05, 4.69) is 11.3 Å². The third-order valence-electron chi connectivity index (χ3n) is 1.57. The second-order valence-electron chi connectivity index (χ2n) is 2.94. The van der Waals surface area contributed by atoms with E-state index >= 15 is 0 Å². The first kappa shape index (κ1) is 15.4. The molecule has 6 heteroatoms. The van der Waals surface area contributed by atoms with E-state index in [9.17, 15) is 9.59 Å². The summed E-state index contributed by atoms with van der Waals surface area (Å²) >= 11 is 0. The average Bonchev–Trinajstić information content (AvgIpc) is 2.28. The fourth-order valence-electron chi connectivity index (χ4n) is 0.987. The molecule has 0 aliphatic carbocycles. The van der Waals surface area contributed by atoms with E-state index in [0.29, 0.717) is 0 Å². The predicted molar refractivity (Wildman–Crippen MR) is 62.3 cm³/mol. The van der Waals surface area contributed by atoms with Crippen LogP contribution < -0.4 is 0 Å². The van der Waals surface area contributed by atoms with Crippen molar-refractivity contribution in [2.45, 2.75) is 6.92 Å². The van der Waals surface area contributed by atoms with Gasteiger partial charge in [0.05, 0.1) is 17.4 Å². The van der Waals surface area contributed by atoms with Crippen LogP contribution in [0.1, 0.15) is 27.6 Å². The van der Waals surface area contributed by atoms with Crippen LogP contribution in [0.15, 0.2) is 37.1 Å². The molecule has 0 radical (unpaired) electrons. The van der Waals surface area contributed by atoms with Gasteiger partial charge in [0, 0.05) is 6.92 Å². The van der Waals surface area contributed by atoms with Crippen LogP contribution in [0, 0.1) is 0 Å². The summed E-state index contributed by atoms with van der Waals surface area (Å²) in [5.74, 6) is -2.72. The van der Waals surface area contributed by atoms with Gasteiger partial charge in [0.25, 0.3) is 5.97 Å². The molecule has 0 saturated carbocycles. The zero-order valence-electron chi connectivity index (χ0n) is 9.62. The van der Waals surface area contributed by atoms with E-state index in [1.54, 1.807) is 6.07 Å². The van der Waals surface area contributed by atoms with Gasteiger partial charge in [-0.3, -0.25) is 4.79 Å². The molecular formula is C12H12O6. The normalized spacial score (nSPS) is 8.50. The summed E-state index contributed by atoms with van der Waals surface area (Å²) in [6.45, 7) is 4.29. The van der Waals surface area contributed by atoms with Gasteiger partial charge in [-0.2, -0.15) is 0 Å². The van der Waals surface area contributed by atoms with Gasteiger partial charge in [-0.1, -0.05) is 18.7 Å².